The van der Waals surface area contributed by atoms with Gasteiger partial charge in [-0.1, -0.05) is 82.7 Å². The van der Waals surface area contributed by atoms with Crippen LogP contribution < -0.4 is 0 Å². The fraction of sp³-hybridized carbons (Fsp3) is 0.0455. The topological polar surface area (TPSA) is 17.8 Å². The Labute approximate surface area is 155 Å². The van der Waals surface area contributed by atoms with Gasteiger partial charge in [0.15, 0.2) is 0 Å². The predicted octanol–water partition coefficient (Wildman–Crippen LogP) is 6.18. The van der Waals surface area contributed by atoms with E-state index in [-0.39, 0.29) is 0 Å². The van der Waals surface area contributed by atoms with Gasteiger partial charge in [0.25, 0.3) is 0 Å². The molecule has 0 radical (unpaired) electrons. The van der Waals surface area contributed by atoms with Crippen LogP contribution in [0.3, 0.4) is 0 Å². The first kappa shape index (κ1) is 15.9. The number of hydrogen-bond donors (Lipinski definition) is 0. The number of halogens is 1. The zero-order valence-electron chi connectivity index (χ0n) is 13.6. The number of hydrogen-bond acceptors (Lipinski definition) is 1. The molecule has 0 saturated carbocycles. The standard InChI is InChI=1S/C22H17BrN2/c23-19-12-6-11-18(16-19)22-24-20-13-4-5-14-21(20)25(22)15-7-10-17-8-2-1-3-9-17/h1-14,16H,15H2/b10-7+. The maximum absolute atomic E-state index is 4.86. The molecule has 25 heavy (non-hydrogen) atoms. The lowest BCUT2D eigenvalue weighted by Gasteiger charge is -2.07. The van der Waals surface area contributed by atoms with Crippen LogP contribution in [0.5, 0.6) is 0 Å². The number of rotatable bonds is 4. The Kier molecular flexibility index (Phi) is 4.49. The third kappa shape index (κ3) is 3.42. The minimum Gasteiger partial charge on any atom is -0.320 e. The fourth-order valence-electron chi connectivity index (χ4n) is 2.97. The monoisotopic (exact) mass is 388 g/mol. The molecule has 0 atom stereocenters. The van der Waals surface area contributed by atoms with Gasteiger partial charge in [-0.25, -0.2) is 4.98 Å². The zero-order valence-corrected chi connectivity index (χ0v) is 15.2. The van der Waals surface area contributed by atoms with Crippen molar-refractivity contribution in [2.24, 2.45) is 0 Å². The first-order chi connectivity index (χ1) is 12.3. The van der Waals surface area contributed by atoms with Crippen LogP contribution in [0, 0.1) is 0 Å². The molecule has 0 saturated heterocycles. The molecule has 0 fully saturated rings. The van der Waals surface area contributed by atoms with Crippen molar-refractivity contribution in [2.45, 2.75) is 6.54 Å². The van der Waals surface area contributed by atoms with Gasteiger partial charge in [0.05, 0.1) is 11.0 Å². The molecule has 0 aliphatic carbocycles. The lowest BCUT2D eigenvalue weighted by Crippen LogP contribution is -1.98. The van der Waals surface area contributed by atoms with E-state index in [1.165, 1.54) is 5.56 Å². The molecule has 0 bridgehead atoms. The number of imidazole rings is 1. The summed E-state index contributed by atoms with van der Waals surface area (Å²) in [4.78, 5) is 4.86. The summed E-state index contributed by atoms with van der Waals surface area (Å²) in [5, 5.41) is 0. The quantitative estimate of drug-likeness (QED) is 0.408. The van der Waals surface area contributed by atoms with E-state index in [1.54, 1.807) is 0 Å². The third-order valence-electron chi connectivity index (χ3n) is 4.14. The van der Waals surface area contributed by atoms with Crippen LogP contribution in [-0.4, -0.2) is 9.55 Å². The molecule has 0 aliphatic rings. The highest BCUT2D eigenvalue weighted by atomic mass is 79.9. The molecule has 4 rings (SSSR count). The second-order valence-electron chi connectivity index (χ2n) is 5.86. The van der Waals surface area contributed by atoms with Crippen molar-refractivity contribution in [3.63, 3.8) is 0 Å². The number of para-hydroxylation sites is 2. The van der Waals surface area contributed by atoms with Crippen molar-refractivity contribution in [3.8, 4) is 11.4 Å². The maximum Gasteiger partial charge on any atom is 0.141 e. The van der Waals surface area contributed by atoms with Gasteiger partial charge in [-0.2, -0.15) is 0 Å². The minimum atomic E-state index is 0.775. The number of nitrogens with zero attached hydrogens (tertiary/aromatic N) is 2. The summed E-state index contributed by atoms with van der Waals surface area (Å²) in [7, 11) is 0. The van der Waals surface area contributed by atoms with Gasteiger partial charge in [-0.15, -0.1) is 0 Å². The molecule has 0 aliphatic heterocycles. The number of fused-ring (bicyclic) bond motifs is 1. The summed E-state index contributed by atoms with van der Waals surface area (Å²) in [6, 6.07) is 26.9. The maximum atomic E-state index is 4.86. The Balaban J connectivity index is 1.76. The lowest BCUT2D eigenvalue weighted by molar-refractivity contribution is 0.863. The van der Waals surface area contributed by atoms with Gasteiger partial charge in [0.1, 0.15) is 5.82 Å². The van der Waals surface area contributed by atoms with Gasteiger partial charge in [-0.05, 0) is 29.8 Å². The van der Waals surface area contributed by atoms with Gasteiger partial charge in [0, 0.05) is 16.6 Å². The van der Waals surface area contributed by atoms with Gasteiger partial charge < -0.3 is 4.57 Å². The number of allylic oxidation sites excluding steroid dienone is 1. The van der Waals surface area contributed by atoms with E-state index in [1.807, 2.05) is 24.3 Å². The molecule has 2 nitrogen and oxygen atoms in total. The number of aromatic nitrogens is 2. The van der Waals surface area contributed by atoms with Crippen molar-refractivity contribution >= 4 is 33.0 Å². The molecule has 122 valence electrons. The summed E-state index contributed by atoms with van der Waals surface area (Å²) in [5.41, 5.74) is 4.48. The van der Waals surface area contributed by atoms with E-state index >= 15 is 0 Å². The second kappa shape index (κ2) is 7.08. The average molecular weight is 389 g/mol. The first-order valence-corrected chi connectivity index (χ1v) is 9.03. The van der Waals surface area contributed by atoms with Gasteiger partial charge in [-0.3, -0.25) is 0 Å². The smallest absolute Gasteiger partial charge is 0.141 e. The Morgan fingerprint density at radius 3 is 2.52 bits per heavy atom. The highest BCUT2D eigenvalue weighted by Crippen LogP contribution is 2.27. The van der Waals surface area contributed by atoms with Crippen LogP contribution in [-0.2, 0) is 6.54 Å². The Hall–Kier alpha value is -2.65. The molecule has 3 aromatic carbocycles. The Morgan fingerprint density at radius 1 is 0.880 bits per heavy atom. The summed E-state index contributed by atoms with van der Waals surface area (Å²) < 4.78 is 3.32. The van der Waals surface area contributed by atoms with Crippen LogP contribution in [0.2, 0.25) is 0 Å². The molecule has 4 aromatic rings. The Morgan fingerprint density at radius 2 is 1.68 bits per heavy atom. The summed E-state index contributed by atoms with van der Waals surface area (Å²) >= 11 is 3.56. The van der Waals surface area contributed by atoms with Crippen LogP contribution >= 0.6 is 15.9 Å². The van der Waals surface area contributed by atoms with Crippen LogP contribution in [0.15, 0.2) is 89.4 Å². The lowest BCUT2D eigenvalue weighted by atomic mass is 10.2. The summed E-state index contributed by atoms with van der Waals surface area (Å²) in [6.45, 7) is 0.775. The van der Waals surface area contributed by atoms with E-state index in [9.17, 15) is 0 Å². The molecule has 0 amide bonds. The van der Waals surface area contributed by atoms with Crippen molar-refractivity contribution in [2.75, 3.05) is 0 Å². The summed E-state index contributed by atoms with van der Waals surface area (Å²) in [6.07, 6.45) is 4.34. The highest BCUT2D eigenvalue weighted by Gasteiger charge is 2.11. The third-order valence-corrected chi connectivity index (χ3v) is 4.63. The second-order valence-corrected chi connectivity index (χ2v) is 6.77. The molecule has 1 aromatic heterocycles. The van der Waals surface area contributed by atoms with Crippen LogP contribution in [0.4, 0.5) is 0 Å². The molecular formula is C22H17BrN2. The molecule has 0 unspecified atom stereocenters. The zero-order chi connectivity index (χ0) is 17.1. The predicted molar refractivity (Wildman–Crippen MR) is 108 cm³/mol. The van der Waals surface area contributed by atoms with Crippen molar-refractivity contribution < 1.29 is 0 Å². The largest absolute Gasteiger partial charge is 0.320 e. The first-order valence-electron chi connectivity index (χ1n) is 8.24. The number of benzene rings is 3. The summed E-state index contributed by atoms with van der Waals surface area (Å²) in [5.74, 6) is 0.986. The molecule has 0 N–H and O–H groups in total. The van der Waals surface area contributed by atoms with Gasteiger partial charge in [0.2, 0.25) is 0 Å². The van der Waals surface area contributed by atoms with Crippen molar-refractivity contribution in [1.82, 2.24) is 9.55 Å². The Bertz CT molecular complexity index is 1030. The minimum absolute atomic E-state index is 0.775. The fourth-order valence-corrected chi connectivity index (χ4v) is 3.37. The van der Waals surface area contributed by atoms with Crippen molar-refractivity contribution in [1.29, 1.82) is 0 Å². The molecular weight excluding hydrogens is 372 g/mol. The highest BCUT2D eigenvalue weighted by molar-refractivity contribution is 9.10. The molecule has 1 heterocycles. The SMILES string of the molecule is Brc1cccc(-c2nc3ccccc3n2C/C=C/c2ccccc2)c1. The molecule has 3 heteroatoms. The van der Waals surface area contributed by atoms with E-state index in [0.717, 1.165) is 33.4 Å². The van der Waals surface area contributed by atoms with Crippen LogP contribution in [0.1, 0.15) is 5.56 Å². The molecule has 0 spiro atoms. The van der Waals surface area contributed by atoms with E-state index in [2.05, 4.69) is 87.2 Å². The van der Waals surface area contributed by atoms with E-state index in [4.69, 9.17) is 4.98 Å². The normalized spacial score (nSPS) is 11.4. The average Bonchev–Trinajstić information content (AvgIpc) is 3.02. The van der Waals surface area contributed by atoms with Gasteiger partial charge >= 0.3 is 0 Å². The van der Waals surface area contributed by atoms with E-state index in [0.29, 0.717) is 0 Å². The van der Waals surface area contributed by atoms with E-state index < -0.39 is 0 Å². The van der Waals surface area contributed by atoms with Crippen LogP contribution in [0.25, 0.3) is 28.5 Å². The van der Waals surface area contributed by atoms with Crippen molar-refractivity contribution in [3.05, 3.63) is 95.0 Å².